The minimum atomic E-state index is 0.128. The van der Waals surface area contributed by atoms with Crippen molar-refractivity contribution in [2.75, 3.05) is 18.5 Å². The fraction of sp³-hybridized carbons (Fsp3) is 0.600. The van der Waals surface area contributed by atoms with Crippen molar-refractivity contribution >= 4 is 11.7 Å². The number of aryl methyl sites for hydroxylation is 2. The molecule has 0 radical (unpaired) electrons. The number of nitrogens with zero attached hydrogens (tertiary/aromatic N) is 3. The van der Waals surface area contributed by atoms with E-state index in [9.17, 15) is 0 Å². The molecule has 0 aromatic carbocycles. The third kappa shape index (κ3) is 3.03. The van der Waals surface area contributed by atoms with E-state index >= 15 is 0 Å². The molecule has 1 aliphatic carbocycles. The van der Waals surface area contributed by atoms with Gasteiger partial charge in [-0.25, -0.2) is 4.98 Å². The van der Waals surface area contributed by atoms with E-state index in [2.05, 4.69) is 15.0 Å². The largest absolute Gasteiger partial charge is 0.409 e. The summed E-state index contributed by atoms with van der Waals surface area (Å²) >= 11 is 0. The number of nitrogens with two attached hydrogens (primary N) is 1. The van der Waals surface area contributed by atoms with Crippen molar-refractivity contribution < 1.29 is 5.21 Å². The Balaban J connectivity index is 2.32. The van der Waals surface area contributed by atoms with Crippen LogP contribution in [0.1, 0.15) is 42.5 Å². The molecule has 1 saturated carbocycles. The SMILES string of the molecule is Cc1cc(C)c(C(N)=NO)c(N(C)CC2CCCC2)n1. The normalized spacial score (nSPS) is 16.6. The Morgan fingerprint density at radius 2 is 2.10 bits per heavy atom. The number of hydrogen-bond donors (Lipinski definition) is 2. The highest BCUT2D eigenvalue weighted by Crippen LogP contribution is 2.28. The summed E-state index contributed by atoms with van der Waals surface area (Å²) < 4.78 is 0. The van der Waals surface area contributed by atoms with Gasteiger partial charge in [0.25, 0.3) is 0 Å². The van der Waals surface area contributed by atoms with Gasteiger partial charge in [-0.3, -0.25) is 0 Å². The number of amidine groups is 1. The van der Waals surface area contributed by atoms with Gasteiger partial charge in [0.2, 0.25) is 0 Å². The van der Waals surface area contributed by atoms with E-state index in [1.807, 2.05) is 27.0 Å². The van der Waals surface area contributed by atoms with Crippen LogP contribution in [0.5, 0.6) is 0 Å². The monoisotopic (exact) mass is 276 g/mol. The summed E-state index contributed by atoms with van der Waals surface area (Å²) in [5, 5.41) is 12.1. The average Bonchev–Trinajstić information content (AvgIpc) is 2.89. The van der Waals surface area contributed by atoms with E-state index < -0.39 is 0 Å². The van der Waals surface area contributed by atoms with Crippen LogP contribution in [0.15, 0.2) is 11.2 Å². The Kier molecular flexibility index (Phi) is 4.47. The first-order valence-corrected chi connectivity index (χ1v) is 7.20. The lowest BCUT2D eigenvalue weighted by Gasteiger charge is -2.25. The van der Waals surface area contributed by atoms with Crippen molar-refractivity contribution in [3.05, 3.63) is 22.9 Å². The van der Waals surface area contributed by atoms with Crippen LogP contribution in [0.2, 0.25) is 0 Å². The fourth-order valence-electron chi connectivity index (χ4n) is 3.13. The van der Waals surface area contributed by atoms with Gasteiger partial charge in [0.15, 0.2) is 5.84 Å². The Bertz CT molecular complexity index is 507. The highest BCUT2D eigenvalue weighted by molar-refractivity contribution is 6.02. The molecule has 1 fully saturated rings. The predicted octanol–water partition coefficient (Wildman–Crippen LogP) is 2.42. The molecule has 0 atom stereocenters. The maximum Gasteiger partial charge on any atom is 0.174 e. The highest BCUT2D eigenvalue weighted by atomic mass is 16.4. The van der Waals surface area contributed by atoms with Crippen LogP contribution < -0.4 is 10.6 Å². The standard InChI is InChI=1S/C15H24N4O/c1-10-8-11(2)17-15(13(10)14(16)18-20)19(3)9-12-6-4-5-7-12/h8,12,20H,4-7,9H2,1-3H3,(H2,16,18). The number of anilines is 1. The zero-order valence-electron chi connectivity index (χ0n) is 12.6. The van der Waals surface area contributed by atoms with Crippen molar-refractivity contribution in [2.45, 2.75) is 39.5 Å². The molecule has 1 aromatic rings. The number of hydrogen-bond acceptors (Lipinski definition) is 4. The van der Waals surface area contributed by atoms with Gasteiger partial charge in [-0.2, -0.15) is 0 Å². The molecule has 0 bridgehead atoms. The van der Waals surface area contributed by atoms with Gasteiger partial charge in [-0.15, -0.1) is 0 Å². The second-order valence-corrected chi connectivity index (χ2v) is 5.80. The van der Waals surface area contributed by atoms with Crippen LogP contribution in [-0.2, 0) is 0 Å². The topological polar surface area (TPSA) is 74.7 Å². The third-order valence-corrected chi connectivity index (χ3v) is 4.06. The second-order valence-electron chi connectivity index (χ2n) is 5.80. The maximum atomic E-state index is 8.99. The second kappa shape index (κ2) is 6.11. The van der Waals surface area contributed by atoms with E-state index in [0.29, 0.717) is 0 Å². The van der Waals surface area contributed by atoms with Crippen LogP contribution >= 0.6 is 0 Å². The highest BCUT2D eigenvalue weighted by Gasteiger charge is 2.21. The van der Waals surface area contributed by atoms with E-state index in [4.69, 9.17) is 10.9 Å². The first-order chi connectivity index (χ1) is 9.52. The Labute approximate surface area is 120 Å². The van der Waals surface area contributed by atoms with Gasteiger partial charge < -0.3 is 15.8 Å². The molecule has 0 unspecified atom stereocenters. The molecule has 0 spiro atoms. The minimum Gasteiger partial charge on any atom is -0.409 e. The number of aromatic nitrogens is 1. The van der Waals surface area contributed by atoms with Gasteiger partial charge in [0, 0.05) is 19.3 Å². The summed E-state index contributed by atoms with van der Waals surface area (Å²) in [5.41, 5.74) is 8.50. The zero-order chi connectivity index (χ0) is 14.7. The Hall–Kier alpha value is -1.78. The molecule has 0 saturated heterocycles. The lowest BCUT2D eigenvalue weighted by atomic mass is 10.1. The van der Waals surface area contributed by atoms with Crippen LogP contribution in [0.25, 0.3) is 0 Å². The molecule has 0 amide bonds. The quantitative estimate of drug-likeness (QED) is 0.383. The Morgan fingerprint density at radius 1 is 1.45 bits per heavy atom. The van der Waals surface area contributed by atoms with Crippen LogP contribution in [0.3, 0.4) is 0 Å². The number of rotatable bonds is 4. The predicted molar refractivity (Wildman–Crippen MR) is 81.4 cm³/mol. The van der Waals surface area contributed by atoms with Gasteiger partial charge >= 0.3 is 0 Å². The first kappa shape index (κ1) is 14.6. The van der Waals surface area contributed by atoms with Crippen molar-refractivity contribution in [3.63, 3.8) is 0 Å². The summed E-state index contributed by atoms with van der Waals surface area (Å²) in [4.78, 5) is 6.74. The molecule has 5 nitrogen and oxygen atoms in total. The summed E-state index contributed by atoms with van der Waals surface area (Å²) in [6.45, 7) is 4.91. The number of oxime groups is 1. The van der Waals surface area contributed by atoms with Gasteiger partial charge in [-0.05, 0) is 44.2 Å². The summed E-state index contributed by atoms with van der Waals surface area (Å²) in [7, 11) is 2.04. The summed E-state index contributed by atoms with van der Waals surface area (Å²) in [6.07, 6.45) is 5.22. The van der Waals surface area contributed by atoms with Crippen LogP contribution in [-0.4, -0.2) is 29.6 Å². The van der Waals surface area contributed by atoms with Gasteiger partial charge in [0.05, 0.1) is 5.56 Å². The molecule has 1 heterocycles. The van der Waals surface area contributed by atoms with Crippen molar-refractivity contribution in [1.29, 1.82) is 0 Å². The van der Waals surface area contributed by atoms with E-state index in [-0.39, 0.29) is 5.84 Å². The molecule has 0 aliphatic heterocycles. The molecular weight excluding hydrogens is 252 g/mol. The van der Waals surface area contributed by atoms with Gasteiger partial charge in [0.1, 0.15) is 5.82 Å². The molecule has 1 aliphatic rings. The fourth-order valence-corrected chi connectivity index (χ4v) is 3.13. The Morgan fingerprint density at radius 3 is 2.70 bits per heavy atom. The van der Waals surface area contributed by atoms with Crippen LogP contribution in [0.4, 0.5) is 5.82 Å². The summed E-state index contributed by atoms with van der Waals surface area (Å²) in [5.74, 6) is 1.66. The average molecular weight is 276 g/mol. The molecule has 2 rings (SSSR count). The smallest absolute Gasteiger partial charge is 0.174 e. The summed E-state index contributed by atoms with van der Waals surface area (Å²) in [6, 6.07) is 1.96. The zero-order valence-corrected chi connectivity index (χ0v) is 12.6. The first-order valence-electron chi connectivity index (χ1n) is 7.20. The molecule has 5 heteroatoms. The van der Waals surface area contributed by atoms with Crippen molar-refractivity contribution in [3.8, 4) is 0 Å². The van der Waals surface area contributed by atoms with E-state index in [1.165, 1.54) is 25.7 Å². The molecule has 110 valence electrons. The van der Waals surface area contributed by atoms with Crippen LogP contribution in [0, 0.1) is 19.8 Å². The van der Waals surface area contributed by atoms with E-state index in [1.54, 1.807) is 0 Å². The lowest BCUT2D eigenvalue weighted by Crippen LogP contribution is -2.29. The third-order valence-electron chi connectivity index (χ3n) is 4.06. The molecular formula is C15H24N4O. The van der Waals surface area contributed by atoms with Gasteiger partial charge in [-0.1, -0.05) is 18.0 Å². The van der Waals surface area contributed by atoms with Crippen molar-refractivity contribution in [2.24, 2.45) is 16.8 Å². The lowest BCUT2D eigenvalue weighted by molar-refractivity contribution is 0.318. The molecule has 3 N–H and O–H groups in total. The van der Waals surface area contributed by atoms with Crippen molar-refractivity contribution in [1.82, 2.24) is 4.98 Å². The number of pyridine rings is 1. The molecule has 20 heavy (non-hydrogen) atoms. The molecule has 1 aromatic heterocycles. The van der Waals surface area contributed by atoms with E-state index in [0.717, 1.165) is 35.1 Å². The minimum absolute atomic E-state index is 0.128. The maximum absolute atomic E-state index is 8.99.